The van der Waals surface area contributed by atoms with Crippen LogP contribution in [0.3, 0.4) is 0 Å². The Labute approximate surface area is 188 Å². The number of hydrogen-bond donors (Lipinski definition) is 2. The molecular formula is C23H27IN4O. The predicted octanol–water partition coefficient (Wildman–Crippen LogP) is 3.69. The molecule has 0 saturated heterocycles. The van der Waals surface area contributed by atoms with Crippen LogP contribution in [-0.2, 0) is 19.6 Å². The second-order valence-electron chi connectivity index (χ2n) is 6.69. The average molecular weight is 502 g/mol. The van der Waals surface area contributed by atoms with Crippen molar-refractivity contribution in [3.05, 3.63) is 106 Å². The van der Waals surface area contributed by atoms with E-state index in [1.54, 1.807) is 23.7 Å². The third kappa shape index (κ3) is 6.74. The first kappa shape index (κ1) is 22.7. The van der Waals surface area contributed by atoms with Gasteiger partial charge in [0.25, 0.3) is 5.56 Å². The Morgan fingerprint density at radius 1 is 0.897 bits per heavy atom. The maximum Gasteiger partial charge on any atom is 0.250 e. The zero-order chi connectivity index (χ0) is 19.8. The van der Waals surface area contributed by atoms with Gasteiger partial charge in [-0.2, -0.15) is 0 Å². The van der Waals surface area contributed by atoms with Crippen LogP contribution in [0.5, 0.6) is 0 Å². The Kier molecular flexibility index (Phi) is 8.92. The molecular weight excluding hydrogens is 475 g/mol. The average Bonchev–Trinajstić information content (AvgIpc) is 2.72. The minimum absolute atomic E-state index is 0. The number of benzene rings is 2. The van der Waals surface area contributed by atoms with E-state index in [2.05, 4.69) is 58.9 Å². The number of nitrogens with zero attached hydrogens (tertiary/aromatic N) is 2. The zero-order valence-electron chi connectivity index (χ0n) is 16.8. The second kappa shape index (κ2) is 11.4. The van der Waals surface area contributed by atoms with Crippen LogP contribution in [0.1, 0.15) is 22.3 Å². The number of aliphatic imine (C=N–C) groups is 1. The molecule has 5 nitrogen and oxygen atoms in total. The molecule has 152 valence electrons. The van der Waals surface area contributed by atoms with Crippen molar-refractivity contribution in [3.8, 4) is 0 Å². The summed E-state index contributed by atoms with van der Waals surface area (Å²) in [5, 5.41) is 6.69. The highest BCUT2D eigenvalue weighted by Gasteiger charge is 2.02. The quantitative estimate of drug-likeness (QED) is 0.307. The molecule has 3 rings (SSSR count). The van der Waals surface area contributed by atoms with Gasteiger partial charge in [-0.15, -0.1) is 24.0 Å². The lowest BCUT2D eigenvalue weighted by Crippen LogP contribution is -2.36. The summed E-state index contributed by atoms with van der Waals surface area (Å²) in [6.45, 7) is 4.10. The monoisotopic (exact) mass is 502 g/mol. The highest BCUT2D eigenvalue weighted by atomic mass is 127. The normalized spacial score (nSPS) is 10.9. The largest absolute Gasteiger partial charge is 0.352 e. The molecule has 2 aromatic carbocycles. The van der Waals surface area contributed by atoms with E-state index in [4.69, 9.17) is 0 Å². The predicted molar refractivity (Wildman–Crippen MR) is 130 cm³/mol. The van der Waals surface area contributed by atoms with Gasteiger partial charge in [0.05, 0.1) is 6.54 Å². The fourth-order valence-corrected chi connectivity index (χ4v) is 2.94. The molecule has 0 aliphatic carbocycles. The van der Waals surface area contributed by atoms with Gasteiger partial charge < -0.3 is 15.2 Å². The number of hydrogen-bond acceptors (Lipinski definition) is 2. The van der Waals surface area contributed by atoms with Crippen molar-refractivity contribution in [2.45, 2.75) is 26.6 Å². The minimum Gasteiger partial charge on any atom is -0.352 e. The fourth-order valence-electron chi connectivity index (χ4n) is 2.94. The molecule has 29 heavy (non-hydrogen) atoms. The molecule has 0 atom stereocenters. The van der Waals surface area contributed by atoms with E-state index in [0.29, 0.717) is 13.1 Å². The van der Waals surface area contributed by atoms with Crippen LogP contribution >= 0.6 is 24.0 Å². The van der Waals surface area contributed by atoms with E-state index in [-0.39, 0.29) is 29.5 Å². The van der Waals surface area contributed by atoms with Crippen molar-refractivity contribution in [2.24, 2.45) is 4.99 Å². The Morgan fingerprint density at radius 2 is 1.55 bits per heavy atom. The molecule has 1 aromatic heterocycles. The van der Waals surface area contributed by atoms with Gasteiger partial charge in [0.1, 0.15) is 0 Å². The van der Waals surface area contributed by atoms with Crippen molar-refractivity contribution in [1.82, 2.24) is 15.2 Å². The van der Waals surface area contributed by atoms with Gasteiger partial charge in [-0.05, 0) is 35.2 Å². The van der Waals surface area contributed by atoms with E-state index in [0.717, 1.165) is 23.6 Å². The van der Waals surface area contributed by atoms with Gasteiger partial charge in [0.15, 0.2) is 5.96 Å². The maximum absolute atomic E-state index is 11.8. The molecule has 0 amide bonds. The van der Waals surface area contributed by atoms with Crippen molar-refractivity contribution in [3.63, 3.8) is 0 Å². The van der Waals surface area contributed by atoms with Crippen LogP contribution in [0.15, 0.2) is 82.7 Å². The molecule has 0 aliphatic rings. The van der Waals surface area contributed by atoms with Crippen molar-refractivity contribution >= 4 is 29.9 Å². The third-order valence-corrected chi connectivity index (χ3v) is 4.67. The summed E-state index contributed by atoms with van der Waals surface area (Å²) in [5.41, 5.74) is 4.78. The first-order valence-corrected chi connectivity index (χ1v) is 9.38. The second-order valence-corrected chi connectivity index (χ2v) is 6.69. The summed E-state index contributed by atoms with van der Waals surface area (Å²) in [7, 11) is 1.77. The molecule has 0 fully saturated rings. The Morgan fingerprint density at radius 3 is 2.24 bits per heavy atom. The lowest BCUT2D eigenvalue weighted by Gasteiger charge is -2.13. The van der Waals surface area contributed by atoms with E-state index in [9.17, 15) is 4.79 Å². The van der Waals surface area contributed by atoms with Gasteiger partial charge in [-0.25, -0.2) is 0 Å². The van der Waals surface area contributed by atoms with Gasteiger partial charge in [-0.1, -0.05) is 54.6 Å². The number of nitrogens with one attached hydrogen (secondary N) is 2. The molecule has 2 N–H and O–H groups in total. The number of rotatable bonds is 6. The standard InChI is InChI=1S/C23H26N4O.HI/c1-18-7-3-4-8-21(18)16-26-23(24-2)25-15-19-10-12-20(13-11-19)17-27-14-6-5-9-22(27)28;/h3-14H,15-17H2,1-2H3,(H2,24,25,26);1H. The van der Waals surface area contributed by atoms with Crippen molar-refractivity contribution in [1.29, 1.82) is 0 Å². The Bertz CT molecular complexity index is 996. The fraction of sp³-hybridized carbons (Fsp3) is 0.217. The number of guanidine groups is 1. The summed E-state index contributed by atoms with van der Waals surface area (Å²) in [4.78, 5) is 16.1. The maximum atomic E-state index is 11.8. The van der Waals surface area contributed by atoms with Crippen LogP contribution in [0, 0.1) is 6.92 Å². The molecule has 0 spiro atoms. The topological polar surface area (TPSA) is 58.4 Å². The van der Waals surface area contributed by atoms with Crippen LogP contribution in [0.2, 0.25) is 0 Å². The van der Waals surface area contributed by atoms with Crippen molar-refractivity contribution in [2.75, 3.05) is 7.05 Å². The first-order valence-electron chi connectivity index (χ1n) is 9.38. The highest BCUT2D eigenvalue weighted by molar-refractivity contribution is 14.0. The van der Waals surface area contributed by atoms with Crippen LogP contribution in [0.4, 0.5) is 0 Å². The Hall–Kier alpha value is -2.61. The molecule has 0 radical (unpaired) electrons. The first-order chi connectivity index (χ1) is 13.7. The molecule has 3 aromatic rings. The molecule has 1 heterocycles. The molecule has 0 unspecified atom stereocenters. The molecule has 0 bridgehead atoms. The lowest BCUT2D eigenvalue weighted by molar-refractivity contribution is 0.758. The zero-order valence-corrected chi connectivity index (χ0v) is 19.1. The van der Waals surface area contributed by atoms with Crippen LogP contribution in [-0.4, -0.2) is 17.6 Å². The smallest absolute Gasteiger partial charge is 0.250 e. The molecule has 0 aliphatic heterocycles. The summed E-state index contributed by atoms with van der Waals surface area (Å²) in [6.07, 6.45) is 1.81. The lowest BCUT2D eigenvalue weighted by atomic mass is 10.1. The molecule has 0 saturated carbocycles. The summed E-state index contributed by atoms with van der Waals surface area (Å²) < 4.78 is 1.70. The minimum atomic E-state index is 0. The summed E-state index contributed by atoms with van der Waals surface area (Å²) >= 11 is 0. The van der Waals surface area contributed by atoms with Crippen LogP contribution in [0.25, 0.3) is 0 Å². The van der Waals surface area contributed by atoms with Crippen LogP contribution < -0.4 is 16.2 Å². The van der Waals surface area contributed by atoms with E-state index in [1.165, 1.54) is 11.1 Å². The van der Waals surface area contributed by atoms with Gasteiger partial charge >= 0.3 is 0 Å². The van der Waals surface area contributed by atoms with Crippen molar-refractivity contribution < 1.29 is 0 Å². The van der Waals surface area contributed by atoms with Gasteiger partial charge in [0.2, 0.25) is 0 Å². The summed E-state index contributed by atoms with van der Waals surface area (Å²) in [5.74, 6) is 0.767. The van der Waals surface area contributed by atoms with E-state index >= 15 is 0 Å². The number of halogens is 1. The van der Waals surface area contributed by atoms with E-state index in [1.807, 2.05) is 24.4 Å². The summed E-state index contributed by atoms with van der Waals surface area (Å²) in [6, 6.07) is 21.8. The number of aromatic nitrogens is 1. The SMILES string of the molecule is CN=C(NCc1ccc(Cn2ccccc2=O)cc1)NCc1ccccc1C.I. The van der Waals surface area contributed by atoms with Gasteiger partial charge in [0, 0.05) is 32.4 Å². The highest BCUT2D eigenvalue weighted by Crippen LogP contribution is 2.07. The Balaban J connectivity index is 0.00000300. The molecule has 6 heteroatoms. The number of pyridine rings is 1. The van der Waals surface area contributed by atoms with Gasteiger partial charge in [-0.3, -0.25) is 9.79 Å². The number of aryl methyl sites for hydroxylation is 1. The third-order valence-electron chi connectivity index (χ3n) is 4.67. The van der Waals surface area contributed by atoms with E-state index < -0.39 is 0 Å².